The molecule has 0 radical (unpaired) electrons. The summed E-state index contributed by atoms with van der Waals surface area (Å²) in [5, 5.41) is 17.7. The molecular formula is C16H9ClF3NO3. The van der Waals surface area contributed by atoms with Gasteiger partial charge in [-0.3, -0.25) is 4.79 Å². The van der Waals surface area contributed by atoms with Crippen molar-refractivity contribution in [3.63, 3.8) is 0 Å². The Morgan fingerprint density at radius 3 is 2.54 bits per heavy atom. The van der Waals surface area contributed by atoms with Crippen molar-refractivity contribution in [1.82, 2.24) is 0 Å². The van der Waals surface area contributed by atoms with Crippen molar-refractivity contribution in [2.24, 2.45) is 0 Å². The Labute approximate surface area is 139 Å². The van der Waals surface area contributed by atoms with Crippen LogP contribution in [-0.4, -0.2) is 11.1 Å². The second kappa shape index (κ2) is 6.81. The second-order valence-electron chi connectivity index (χ2n) is 4.79. The van der Waals surface area contributed by atoms with Crippen LogP contribution in [0.3, 0.4) is 0 Å². The molecule has 0 saturated carbocycles. The van der Waals surface area contributed by atoms with Gasteiger partial charge in [0.1, 0.15) is 11.5 Å². The highest BCUT2D eigenvalue weighted by Crippen LogP contribution is 2.36. The number of carbonyl (C=O) groups is 1. The summed E-state index contributed by atoms with van der Waals surface area (Å²) in [6.45, 7) is 0. The standard InChI is InChI=1S/C16H9ClF3NO3/c17-13-2-1-9(6-15(22)23)5-14(13)24-12-4-10(8-21)3-11(7-12)16(18,19)20/h1-5,7H,6H2,(H,22,23). The normalized spacial score (nSPS) is 11.0. The average molecular weight is 356 g/mol. The monoisotopic (exact) mass is 355 g/mol. The number of benzene rings is 2. The molecule has 0 saturated heterocycles. The van der Waals surface area contributed by atoms with E-state index in [9.17, 15) is 18.0 Å². The van der Waals surface area contributed by atoms with E-state index < -0.39 is 17.7 Å². The van der Waals surface area contributed by atoms with Gasteiger partial charge in [-0.2, -0.15) is 18.4 Å². The first-order valence-corrected chi connectivity index (χ1v) is 6.87. The third-order valence-corrected chi connectivity index (χ3v) is 3.25. The van der Waals surface area contributed by atoms with Crippen molar-refractivity contribution in [1.29, 1.82) is 5.26 Å². The first kappa shape index (κ1) is 17.6. The maximum absolute atomic E-state index is 12.9. The number of aliphatic carboxylic acids is 1. The Morgan fingerprint density at radius 1 is 1.25 bits per heavy atom. The minimum atomic E-state index is -4.64. The lowest BCUT2D eigenvalue weighted by atomic mass is 10.1. The molecule has 0 amide bonds. The van der Waals surface area contributed by atoms with E-state index in [-0.39, 0.29) is 28.5 Å². The molecule has 0 atom stereocenters. The number of nitriles is 1. The van der Waals surface area contributed by atoms with Gasteiger partial charge in [-0.15, -0.1) is 0 Å². The van der Waals surface area contributed by atoms with E-state index in [0.717, 1.165) is 12.1 Å². The molecule has 124 valence electrons. The van der Waals surface area contributed by atoms with Gasteiger partial charge in [-0.25, -0.2) is 0 Å². The van der Waals surface area contributed by atoms with Crippen LogP contribution in [0.1, 0.15) is 16.7 Å². The molecule has 0 heterocycles. The minimum Gasteiger partial charge on any atom is -0.481 e. The van der Waals surface area contributed by atoms with E-state index in [0.29, 0.717) is 11.6 Å². The second-order valence-corrected chi connectivity index (χ2v) is 5.20. The molecule has 0 aliphatic rings. The SMILES string of the molecule is N#Cc1cc(Oc2cc(CC(=O)O)ccc2Cl)cc(C(F)(F)F)c1. The van der Waals surface area contributed by atoms with Gasteiger partial charge < -0.3 is 9.84 Å². The van der Waals surface area contributed by atoms with Crippen molar-refractivity contribution >= 4 is 17.6 Å². The zero-order chi connectivity index (χ0) is 17.9. The zero-order valence-corrected chi connectivity index (χ0v) is 12.6. The third kappa shape index (κ3) is 4.40. The molecule has 0 bridgehead atoms. The van der Waals surface area contributed by atoms with Crippen molar-refractivity contribution in [2.45, 2.75) is 12.6 Å². The van der Waals surface area contributed by atoms with E-state index in [1.165, 1.54) is 18.2 Å². The third-order valence-electron chi connectivity index (χ3n) is 2.94. The van der Waals surface area contributed by atoms with E-state index in [2.05, 4.69) is 0 Å². The summed E-state index contributed by atoms with van der Waals surface area (Å²) in [5.74, 6) is -1.30. The predicted octanol–water partition coefficient (Wildman–Crippen LogP) is 4.65. The van der Waals surface area contributed by atoms with Crippen molar-refractivity contribution in [3.05, 3.63) is 58.1 Å². The van der Waals surface area contributed by atoms with Crippen LogP contribution in [0, 0.1) is 11.3 Å². The molecule has 1 N–H and O–H groups in total. The fourth-order valence-electron chi connectivity index (χ4n) is 1.92. The van der Waals surface area contributed by atoms with Crippen molar-refractivity contribution in [3.8, 4) is 17.6 Å². The fourth-order valence-corrected chi connectivity index (χ4v) is 2.08. The maximum atomic E-state index is 12.9. The first-order valence-electron chi connectivity index (χ1n) is 6.49. The van der Waals surface area contributed by atoms with Gasteiger partial charge in [-0.05, 0) is 35.9 Å². The summed E-state index contributed by atoms with van der Waals surface area (Å²) >= 11 is 5.93. The molecule has 0 aromatic heterocycles. The summed E-state index contributed by atoms with van der Waals surface area (Å²) < 4.78 is 43.9. The Hall–Kier alpha value is -2.72. The molecule has 0 aliphatic heterocycles. The fraction of sp³-hybridized carbons (Fsp3) is 0.125. The van der Waals surface area contributed by atoms with E-state index in [1.807, 2.05) is 0 Å². The van der Waals surface area contributed by atoms with Gasteiger partial charge in [0.15, 0.2) is 0 Å². The van der Waals surface area contributed by atoms with Gasteiger partial charge in [0.05, 0.1) is 28.6 Å². The topological polar surface area (TPSA) is 70.3 Å². The van der Waals surface area contributed by atoms with Gasteiger partial charge in [-0.1, -0.05) is 17.7 Å². The van der Waals surface area contributed by atoms with E-state index >= 15 is 0 Å². The van der Waals surface area contributed by atoms with Crippen LogP contribution in [0.25, 0.3) is 0 Å². The Balaban J connectivity index is 2.41. The quantitative estimate of drug-likeness (QED) is 0.866. The van der Waals surface area contributed by atoms with Gasteiger partial charge >= 0.3 is 12.1 Å². The van der Waals surface area contributed by atoms with Gasteiger partial charge in [0, 0.05) is 0 Å². The van der Waals surface area contributed by atoms with Crippen LogP contribution < -0.4 is 4.74 Å². The molecule has 0 unspecified atom stereocenters. The molecule has 2 aromatic rings. The molecule has 0 spiro atoms. The number of ether oxygens (including phenoxy) is 1. The summed E-state index contributed by atoms with van der Waals surface area (Å²) in [5.41, 5.74) is -0.888. The average Bonchev–Trinajstić information content (AvgIpc) is 2.49. The Morgan fingerprint density at radius 2 is 1.96 bits per heavy atom. The highest BCUT2D eigenvalue weighted by Gasteiger charge is 2.31. The molecular weight excluding hydrogens is 347 g/mol. The number of nitrogens with zero attached hydrogens (tertiary/aromatic N) is 1. The van der Waals surface area contributed by atoms with Crippen LogP contribution in [0.4, 0.5) is 13.2 Å². The largest absolute Gasteiger partial charge is 0.481 e. The molecule has 8 heteroatoms. The summed E-state index contributed by atoms with van der Waals surface area (Å²) in [4.78, 5) is 10.7. The zero-order valence-electron chi connectivity index (χ0n) is 11.9. The van der Waals surface area contributed by atoms with Crippen LogP contribution >= 0.6 is 11.6 Å². The number of carboxylic acid groups (broad SMARTS) is 1. The predicted molar refractivity (Wildman–Crippen MR) is 79.0 cm³/mol. The minimum absolute atomic E-state index is 0.00127. The summed E-state index contributed by atoms with van der Waals surface area (Å²) in [7, 11) is 0. The Kier molecular flexibility index (Phi) is 5.00. The highest BCUT2D eigenvalue weighted by molar-refractivity contribution is 6.32. The molecule has 2 rings (SSSR count). The number of rotatable bonds is 4. The molecule has 0 fully saturated rings. The van der Waals surface area contributed by atoms with E-state index in [1.54, 1.807) is 6.07 Å². The lowest BCUT2D eigenvalue weighted by Gasteiger charge is -2.12. The van der Waals surface area contributed by atoms with Crippen LogP contribution in [0.2, 0.25) is 5.02 Å². The van der Waals surface area contributed by atoms with Crippen LogP contribution in [0.5, 0.6) is 11.5 Å². The molecule has 4 nitrogen and oxygen atoms in total. The molecule has 0 aliphatic carbocycles. The van der Waals surface area contributed by atoms with Crippen LogP contribution in [0.15, 0.2) is 36.4 Å². The number of halogens is 4. The van der Waals surface area contributed by atoms with Gasteiger partial charge in [0.2, 0.25) is 0 Å². The smallest absolute Gasteiger partial charge is 0.416 e. The summed E-state index contributed by atoms with van der Waals surface area (Å²) in [6.07, 6.45) is -4.93. The maximum Gasteiger partial charge on any atom is 0.416 e. The van der Waals surface area contributed by atoms with Crippen LogP contribution in [-0.2, 0) is 17.4 Å². The highest BCUT2D eigenvalue weighted by atomic mass is 35.5. The van der Waals surface area contributed by atoms with Crippen molar-refractivity contribution in [2.75, 3.05) is 0 Å². The van der Waals surface area contributed by atoms with Crippen molar-refractivity contribution < 1.29 is 27.8 Å². The molecule has 24 heavy (non-hydrogen) atoms. The number of hydrogen-bond donors (Lipinski definition) is 1. The van der Waals surface area contributed by atoms with E-state index in [4.69, 9.17) is 26.7 Å². The first-order chi connectivity index (χ1) is 11.2. The number of hydrogen-bond acceptors (Lipinski definition) is 3. The lowest BCUT2D eigenvalue weighted by molar-refractivity contribution is -0.138. The Bertz CT molecular complexity index is 828. The molecule has 2 aromatic carbocycles. The summed E-state index contributed by atoms with van der Waals surface area (Å²) in [6, 6.07) is 8.38. The lowest BCUT2D eigenvalue weighted by Crippen LogP contribution is -2.05. The number of carboxylic acids is 1. The number of alkyl halides is 3. The van der Waals surface area contributed by atoms with Gasteiger partial charge in [0.25, 0.3) is 0 Å².